The van der Waals surface area contributed by atoms with E-state index in [4.69, 9.17) is 16.0 Å². The van der Waals surface area contributed by atoms with Crippen molar-refractivity contribution in [1.82, 2.24) is 4.98 Å². The Kier molecular flexibility index (Phi) is 4.51. The van der Waals surface area contributed by atoms with Gasteiger partial charge in [0.05, 0.1) is 22.9 Å². The molecule has 0 saturated heterocycles. The molecule has 0 saturated carbocycles. The zero-order valence-corrected chi connectivity index (χ0v) is 14.9. The molecule has 2 aromatic carbocycles. The second kappa shape index (κ2) is 7.11. The summed E-state index contributed by atoms with van der Waals surface area (Å²) in [5, 5.41) is 7.56. The highest BCUT2D eigenvalue weighted by atomic mass is 35.5. The summed E-state index contributed by atoms with van der Waals surface area (Å²) in [7, 11) is 0. The lowest BCUT2D eigenvalue weighted by atomic mass is 10.2. The van der Waals surface area contributed by atoms with Crippen molar-refractivity contribution in [3.05, 3.63) is 81.0 Å². The molecular weight excluding hydrogens is 370 g/mol. The number of halogens is 1. The number of fused-ring (bicyclic) bond motifs is 1. The average molecular weight is 382 g/mol. The number of rotatable bonds is 4. The molecule has 2 aromatic heterocycles. The molecule has 26 heavy (non-hydrogen) atoms. The highest BCUT2D eigenvalue weighted by Crippen LogP contribution is 2.24. The topological polar surface area (TPSA) is 67.5 Å². The monoisotopic (exact) mass is 381 g/mol. The first-order chi connectivity index (χ1) is 12.7. The molecule has 4 rings (SSSR count). The lowest BCUT2D eigenvalue weighted by Gasteiger charge is -1.99. The summed E-state index contributed by atoms with van der Waals surface area (Å²) in [6, 6.07) is 14.8. The van der Waals surface area contributed by atoms with Gasteiger partial charge >= 0.3 is 0 Å². The summed E-state index contributed by atoms with van der Waals surface area (Å²) in [5.41, 5.74) is 5.36. The van der Waals surface area contributed by atoms with Gasteiger partial charge in [-0.2, -0.15) is 5.10 Å². The van der Waals surface area contributed by atoms with Gasteiger partial charge in [0, 0.05) is 16.0 Å². The third kappa shape index (κ3) is 3.37. The maximum atomic E-state index is 12.5. The number of thiazole rings is 1. The molecule has 0 aliphatic heterocycles. The second-order valence-corrected chi connectivity index (χ2v) is 6.73. The first kappa shape index (κ1) is 16.5. The first-order valence-electron chi connectivity index (χ1n) is 7.72. The second-order valence-electron chi connectivity index (χ2n) is 5.43. The fraction of sp³-hybridized carbons (Fsp3) is 0. The molecule has 5 nitrogen and oxygen atoms in total. The van der Waals surface area contributed by atoms with Crippen LogP contribution in [0.4, 0.5) is 5.13 Å². The van der Waals surface area contributed by atoms with E-state index in [1.807, 2.05) is 35.7 Å². The normalized spacial score (nSPS) is 11.3. The number of benzene rings is 2. The van der Waals surface area contributed by atoms with Crippen LogP contribution < -0.4 is 10.9 Å². The molecule has 1 N–H and O–H groups in total. The van der Waals surface area contributed by atoms with Gasteiger partial charge in [0.25, 0.3) is 0 Å². The zero-order valence-electron chi connectivity index (χ0n) is 13.3. The largest absolute Gasteiger partial charge is 0.463 e. The van der Waals surface area contributed by atoms with Crippen molar-refractivity contribution in [2.75, 3.05) is 5.43 Å². The Hall–Kier alpha value is -2.96. The van der Waals surface area contributed by atoms with E-state index in [1.54, 1.807) is 18.2 Å². The summed E-state index contributed by atoms with van der Waals surface area (Å²) < 4.78 is 5.45. The number of hydrogen-bond donors (Lipinski definition) is 1. The van der Waals surface area contributed by atoms with Crippen LogP contribution in [0.3, 0.4) is 0 Å². The quantitative estimate of drug-likeness (QED) is 0.398. The van der Waals surface area contributed by atoms with E-state index in [-0.39, 0.29) is 5.43 Å². The fourth-order valence-electron chi connectivity index (χ4n) is 2.43. The third-order valence-electron chi connectivity index (χ3n) is 3.70. The standard InChI is InChI=1S/C19H12ClN3O2S/c20-14-6-7-17-15(8-14)18(24)13(10-25-17)9-21-23-19-22-16(11-26-19)12-4-2-1-3-5-12/h1-11H,(H,22,23)/b21-9-. The van der Waals surface area contributed by atoms with Gasteiger partial charge in [-0.3, -0.25) is 10.2 Å². The molecule has 0 unspecified atom stereocenters. The van der Waals surface area contributed by atoms with Crippen LogP contribution in [-0.2, 0) is 0 Å². The third-order valence-corrected chi connectivity index (χ3v) is 4.68. The van der Waals surface area contributed by atoms with Crippen molar-refractivity contribution in [1.29, 1.82) is 0 Å². The van der Waals surface area contributed by atoms with Crippen molar-refractivity contribution in [2.24, 2.45) is 5.10 Å². The van der Waals surface area contributed by atoms with Crippen LogP contribution >= 0.6 is 22.9 Å². The van der Waals surface area contributed by atoms with Crippen LogP contribution in [0.15, 0.2) is 74.5 Å². The van der Waals surface area contributed by atoms with Crippen LogP contribution in [0.2, 0.25) is 5.02 Å². The van der Waals surface area contributed by atoms with Crippen LogP contribution in [0.5, 0.6) is 0 Å². The lowest BCUT2D eigenvalue weighted by molar-refractivity contribution is 0.601. The molecule has 4 aromatic rings. The van der Waals surface area contributed by atoms with Crippen molar-refractivity contribution >= 4 is 45.3 Å². The molecule has 0 fully saturated rings. The predicted octanol–water partition coefficient (Wildman–Crippen LogP) is 5.02. The van der Waals surface area contributed by atoms with Gasteiger partial charge in [0.1, 0.15) is 11.8 Å². The Bertz CT molecular complexity index is 1150. The smallest absolute Gasteiger partial charge is 0.203 e. The minimum Gasteiger partial charge on any atom is -0.463 e. The maximum Gasteiger partial charge on any atom is 0.203 e. The number of nitrogens with one attached hydrogen (secondary N) is 1. The van der Waals surface area contributed by atoms with Gasteiger partial charge in [-0.1, -0.05) is 41.9 Å². The van der Waals surface area contributed by atoms with Gasteiger partial charge in [-0.25, -0.2) is 4.98 Å². The van der Waals surface area contributed by atoms with Crippen molar-refractivity contribution in [2.45, 2.75) is 0 Å². The number of hydrogen-bond acceptors (Lipinski definition) is 6. The van der Waals surface area contributed by atoms with E-state index >= 15 is 0 Å². The number of anilines is 1. The Morgan fingerprint density at radius 3 is 2.88 bits per heavy atom. The molecule has 0 atom stereocenters. The van der Waals surface area contributed by atoms with Gasteiger partial charge in [0.15, 0.2) is 0 Å². The molecule has 128 valence electrons. The van der Waals surface area contributed by atoms with Crippen LogP contribution in [0, 0.1) is 0 Å². The molecule has 0 aliphatic carbocycles. The summed E-state index contributed by atoms with van der Waals surface area (Å²) in [6.07, 6.45) is 2.79. The lowest BCUT2D eigenvalue weighted by Crippen LogP contribution is -2.08. The maximum absolute atomic E-state index is 12.5. The van der Waals surface area contributed by atoms with Crippen molar-refractivity contribution in [3.8, 4) is 11.3 Å². The van der Waals surface area contributed by atoms with Gasteiger partial charge < -0.3 is 4.42 Å². The summed E-state index contributed by atoms with van der Waals surface area (Å²) in [4.78, 5) is 16.9. The average Bonchev–Trinajstić information content (AvgIpc) is 3.14. The Balaban J connectivity index is 1.54. The van der Waals surface area contributed by atoms with Crippen molar-refractivity contribution < 1.29 is 4.42 Å². The molecule has 2 heterocycles. The van der Waals surface area contributed by atoms with Crippen LogP contribution in [-0.4, -0.2) is 11.2 Å². The van der Waals surface area contributed by atoms with Gasteiger partial charge in [-0.15, -0.1) is 11.3 Å². The van der Waals surface area contributed by atoms with E-state index in [0.29, 0.717) is 26.7 Å². The SMILES string of the molecule is O=c1c(/C=N\Nc2nc(-c3ccccc3)cs2)coc2ccc(Cl)cc12. The summed E-state index contributed by atoms with van der Waals surface area (Å²) >= 11 is 7.38. The highest BCUT2D eigenvalue weighted by molar-refractivity contribution is 7.14. The van der Waals surface area contributed by atoms with E-state index in [9.17, 15) is 4.79 Å². The minimum absolute atomic E-state index is 0.191. The Morgan fingerprint density at radius 2 is 2.04 bits per heavy atom. The van der Waals surface area contributed by atoms with E-state index in [1.165, 1.54) is 23.8 Å². The molecule has 0 radical (unpaired) electrons. The molecule has 0 aliphatic rings. The zero-order chi connectivity index (χ0) is 17.9. The molecular formula is C19H12ClN3O2S. The predicted molar refractivity (Wildman–Crippen MR) is 106 cm³/mol. The van der Waals surface area contributed by atoms with Crippen molar-refractivity contribution in [3.63, 3.8) is 0 Å². The van der Waals surface area contributed by atoms with Crippen LogP contribution in [0.25, 0.3) is 22.2 Å². The first-order valence-corrected chi connectivity index (χ1v) is 8.97. The Morgan fingerprint density at radius 1 is 1.19 bits per heavy atom. The van der Waals surface area contributed by atoms with E-state index < -0.39 is 0 Å². The van der Waals surface area contributed by atoms with E-state index in [2.05, 4.69) is 15.5 Å². The highest BCUT2D eigenvalue weighted by Gasteiger charge is 2.06. The fourth-order valence-corrected chi connectivity index (χ4v) is 3.27. The molecule has 7 heteroatoms. The minimum atomic E-state index is -0.191. The molecule has 0 bridgehead atoms. The number of aromatic nitrogens is 1. The summed E-state index contributed by atoms with van der Waals surface area (Å²) in [6.45, 7) is 0. The van der Waals surface area contributed by atoms with Gasteiger partial charge in [-0.05, 0) is 18.2 Å². The summed E-state index contributed by atoms with van der Waals surface area (Å²) in [5.74, 6) is 0. The van der Waals surface area contributed by atoms with E-state index in [0.717, 1.165) is 11.3 Å². The number of nitrogens with zero attached hydrogens (tertiary/aromatic N) is 2. The molecule has 0 spiro atoms. The van der Waals surface area contributed by atoms with Gasteiger partial charge in [0.2, 0.25) is 10.6 Å². The number of hydrazone groups is 1. The van der Waals surface area contributed by atoms with Crippen LogP contribution in [0.1, 0.15) is 5.56 Å². The molecule has 0 amide bonds. The Labute approximate surface area is 157 Å².